The third-order valence-corrected chi connectivity index (χ3v) is 5.21. The maximum absolute atomic E-state index is 12.5. The molecule has 27 heavy (non-hydrogen) atoms. The van der Waals surface area contributed by atoms with Crippen molar-refractivity contribution < 1.29 is 14.6 Å². The van der Waals surface area contributed by atoms with Crippen LogP contribution in [0, 0.1) is 3.70 Å². The van der Waals surface area contributed by atoms with Crippen molar-refractivity contribution in [1.29, 1.82) is 0 Å². The molecule has 0 radical (unpaired) electrons. The van der Waals surface area contributed by atoms with Gasteiger partial charge in [0.1, 0.15) is 21.3 Å². The van der Waals surface area contributed by atoms with Crippen molar-refractivity contribution >= 4 is 45.4 Å². The van der Waals surface area contributed by atoms with Gasteiger partial charge in [0.05, 0.1) is 16.9 Å². The first kappa shape index (κ1) is 20.1. The molecule has 148 valence electrons. The Morgan fingerprint density at radius 2 is 2.19 bits per heavy atom. The second kappa shape index (κ2) is 7.40. The molecule has 1 aliphatic rings. The van der Waals surface area contributed by atoms with Crippen molar-refractivity contribution in [3.8, 4) is 0 Å². The third-order valence-electron chi connectivity index (χ3n) is 4.45. The summed E-state index contributed by atoms with van der Waals surface area (Å²) < 4.78 is 8.00. The van der Waals surface area contributed by atoms with Crippen molar-refractivity contribution in [3.05, 3.63) is 15.5 Å². The number of nitrogens with two attached hydrogens (primary N) is 2. The lowest BCUT2D eigenvalue weighted by atomic mass is 10.1. The van der Waals surface area contributed by atoms with Gasteiger partial charge in [-0.3, -0.25) is 4.68 Å². The Morgan fingerprint density at radius 1 is 1.48 bits per heavy atom. The number of fused-ring (bicyclic) bond motifs is 1. The molecular weight excluding hydrogens is 463 g/mol. The lowest BCUT2D eigenvalue weighted by Crippen LogP contribution is -2.43. The van der Waals surface area contributed by atoms with Gasteiger partial charge in [-0.25, -0.2) is 9.78 Å². The Labute approximate surface area is 171 Å². The molecule has 1 amide bonds. The van der Waals surface area contributed by atoms with Crippen LogP contribution in [-0.2, 0) is 4.74 Å². The van der Waals surface area contributed by atoms with Crippen LogP contribution in [0.15, 0.2) is 6.20 Å². The fourth-order valence-corrected chi connectivity index (χ4v) is 4.07. The number of likely N-dealkylation sites (tertiary alicyclic amines) is 1. The molecule has 1 aliphatic heterocycles. The van der Waals surface area contributed by atoms with Crippen molar-refractivity contribution in [2.75, 3.05) is 18.8 Å². The topological polar surface area (TPSA) is 133 Å². The standard InChI is InChI=1S/C17H25IN6O3/c1-17(2,3)27-16(26)23-6-4-5-9(8-23)24-12-10(15(20)25)7-21-14(19)11(12)13(18)22-24/h7,9,15,25H,4-6,8,20H2,1-3H3,(H2,19,21)/t9-,15?/m1/s1. The van der Waals surface area contributed by atoms with Crippen LogP contribution in [0.25, 0.3) is 10.9 Å². The monoisotopic (exact) mass is 488 g/mol. The highest BCUT2D eigenvalue weighted by Crippen LogP contribution is 2.34. The van der Waals surface area contributed by atoms with E-state index in [2.05, 4.69) is 32.7 Å². The first-order valence-electron chi connectivity index (χ1n) is 8.82. The van der Waals surface area contributed by atoms with Crippen LogP contribution in [0.4, 0.5) is 10.6 Å². The molecule has 0 aromatic carbocycles. The predicted octanol–water partition coefficient (Wildman–Crippen LogP) is 2.14. The zero-order valence-electron chi connectivity index (χ0n) is 15.6. The smallest absolute Gasteiger partial charge is 0.410 e. The van der Waals surface area contributed by atoms with Crippen molar-refractivity contribution in [1.82, 2.24) is 19.7 Å². The quantitative estimate of drug-likeness (QED) is 0.436. The van der Waals surface area contributed by atoms with E-state index in [1.807, 2.05) is 25.5 Å². The van der Waals surface area contributed by atoms with Crippen LogP contribution in [0.3, 0.4) is 0 Å². The van der Waals surface area contributed by atoms with Crippen LogP contribution < -0.4 is 11.5 Å². The van der Waals surface area contributed by atoms with Crippen molar-refractivity contribution in [2.24, 2.45) is 5.73 Å². The van der Waals surface area contributed by atoms with Gasteiger partial charge in [0.25, 0.3) is 0 Å². The molecule has 9 nitrogen and oxygen atoms in total. The molecule has 3 heterocycles. The number of halogens is 1. The Kier molecular flexibility index (Phi) is 5.50. The minimum Gasteiger partial charge on any atom is -0.444 e. The molecule has 2 aromatic rings. The summed E-state index contributed by atoms with van der Waals surface area (Å²) in [4.78, 5) is 18.3. The first-order valence-corrected chi connectivity index (χ1v) is 9.90. The Hall–Kier alpha value is -1.66. The van der Waals surface area contributed by atoms with Crippen LogP contribution >= 0.6 is 22.6 Å². The fourth-order valence-electron chi connectivity index (χ4n) is 3.30. The number of pyridine rings is 1. The zero-order chi connectivity index (χ0) is 19.9. The van der Waals surface area contributed by atoms with Gasteiger partial charge >= 0.3 is 6.09 Å². The van der Waals surface area contributed by atoms with E-state index in [9.17, 15) is 9.90 Å². The summed E-state index contributed by atoms with van der Waals surface area (Å²) in [6, 6.07) is -0.0726. The number of nitrogen functional groups attached to an aromatic ring is 1. The van der Waals surface area contributed by atoms with Crippen molar-refractivity contribution in [2.45, 2.75) is 51.5 Å². The van der Waals surface area contributed by atoms with Gasteiger partial charge in [-0.2, -0.15) is 5.10 Å². The van der Waals surface area contributed by atoms with Gasteiger partial charge < -0.3 is 26.2 Å². The van der Waals surface area contributed by atoms with Gasteiger partial charge in [-0.1, -0.05) is 0 Å². The number of ether oxygens (including phenoxy) is 1. The summed E-state index contributed by atoms with van der Waals surface area (Å²) in [7, 11) is 0. The summed E-state index contributed by atoms with van der Waals surface area (Å²) in [5.41, 5.74) is 12.3. The lowest BCUT2D eigenvalue weighted by molar-refractivity contribution is 0.0169. The molecule has 0 spiro atoms. The SMILES string of the molecule is CC(C)(C)OC(=O)N1CCC[C@@H](n2nc(I)c3c(N)ncc(C(N)O)c32)C1. The van der Waals surface area contributed by atoms with Gasteiger partial charge in [0, 0.05) is 24.8 Å². The molecule has 0 saturated carbocycles. The maximum Gasteiger partial charge on any atom is 0.410 e. The first-order chi connectivity index (χ1) is 12.6. The summed E-state index contributed by atoms with van der Waals surface area (Å²) >= 11 is 2.10. The molecule has 1 fully saturated rings. The number of piperidine rings is 1. The second-order valence-corrected chi connectivity index (χ2v) is 8.75. The fraction of sp³-hybridized carbons (Fsp3) is 0.588. The highest BCUT2D eigenvalue weighted by Gasteiger charge is 2.31. The summed E-state index contributed by atoms with van der Waals surface area (Å²) in [6.45, 7) is 6.64. The Bertz CT molecular complexity index is 860. The van der Waals surface area contributed by atoms with Crippen LogP contribution in [0.1, 0.15) is 51.4 Å². The largest absolute Gasteiger partial charge is 0.444 e. The Morgan fingerprint density at radius 3 is 2.81 bits per heavy atom. The lowest BCUT2D eigenvalue weighted by Gasteiger charge is -2.34. The number of carbonyl (C=O) groups is 1. The number of aliphatic hydroxyl groups excluding tert-OH is 1. The van der Waals surface area contributed by atoms with Gasteiger partial charge in [-0.15, -0.1) is 0 Å². The minimum atomic E-state index is -1.20. The number of nitrogens with zero attached hydrogens (tertiary/aromatic N) is 4. The van der Waals surface area contributed by atoms with E-state index in [-0.39, 0.29) is 12.1 Å². The summed E-state index contributed by atoms with van der Waals surface area (Å²) in [6.07, 6.45) is 1.61. The van der Waals surface area contributed by atoms with Crippen LogP contribution in [-0.4, -0.2) is 49.6 Å². The van der Waals surface area contributed by atoms with E-state index < -0.39 is 11.8 Å². The van der Waals surface area contributed by atoms with E-state index in [1.54, 1.807) is 4.90 Å². The molecule has 10 heteroatoms. The number of aliphatic hydroxyl groups is 1. The molecular formula is C17H25IN6O3. The average molecular weight is 488 g/mol. The molecule has 0 aliphatic carbocycles. The number of rotatable bonds is 2. The van der Waals surface area contributed by atoms with Crippen molar-refractivity contribution in [3.63, 3.8) is 0 Å². The van der Waals surface area contributed by atoms with Crippen LogP contribution in [0.5, 0.6) is 0 Å². The zero-order valence-corrected chi connectivity index (χ0v) is 17.8. The van der Waals surface area contributed by atoms with Crippen LogP contribution in [0.2, 0.25) is 0 Å². The van der Waals surface area contributed by atoms with Gasteiger partial charge in [0.2, 0.25) is 0 Å². The summed E-state index contributed by atoms with van der Waals surface area (Å²) in [5.74, 6) is 0.338. The normalized spacial score (nSPS) is 19.3. The van der Waals surface area contributed by atoms with Gasteiger partial charge in [-0.05, 0) is 56.2 Å². The number of hydrogen-bond donors (Lipinski definition) is 3. The summed E-state index contributed by atoms with van der Waals surface area (Å²) in [5, 5.41) is 15.3. The molecule has 2 aromatic heterocycles. The predicted molar refractivity (Wildman–Crippen MR) is 110 cm³/mol. The number of hydrogen-bond acceptors (Lipinski definition) is 7. The number of aromatic nitrogens is 3. The number of amides is 1. The maximum atomic E-state index is 12.5. The third kappa shape index (κ3) is 4.11. The minimum absolute atomic E-state index is 0.0726. The van der Waals surface area contributed by atoms with Gasteiger partial charge in [0.15, 0.2) is 0 Å². The van der Waals surface area contributed by atoms with E-state index in [0.717, 1.165) is 12.8 Å². The highest BCUT2D eigenvalue weighted by molar-refractivity contribution is 14.1. The molecule has 3 rings (SSSR count). The second-order valence-electron chi connectivity index (χ2n) is 7.73. The molecule has 0 bridgehead atoms. The molecule has 1 saturated heterocycles. The highest BCUT2D eigenvalue weighted by atomic mass is 127. The van der Waals surface area contributed by atoms with E-state index in [4.69, 9.17) is 16.2 Å². The molecule has 5 N–H and O–H groups in total. The van der Waals surface area contributed by atoms with E-state index in [0.29, 0.717) is 39.1 Å². The van der Waals surface area contributed by atoms with E-state index >= 15 is 0 Å². The number of anilines is 1. The van der Waals surface area contributed by atoms with E-state index in [1.165, 1.54) is 6.20 Å². The number of carbonyl (C=O) groups excluding carboxylic acids is 1. The molecule has 1 unspecified atom stereocenters. The average Bonchev–Trinajstić information content (AvgIpc) is 2.92. The Balaban J connectivity index is 1.98. The molecule has 2 atom stereocenters.